The number of phenols is 1. The van der Waals surface area contributed by atoms with Crippen LogP contribution >= 0.6 is 15.9 Å². The van der Waals surface area contributed by atoms with Gasteiger partial charge in [-0.2, -0.15) is 0 Å². The normalized spacial score (nSPS) is 12.9. The molecule has 1 aromatic carbocycles. The van der Waals surface area contributed by atoms with Crippen LogP contribution in [0.2, 0.25) is 0 Å². The molecule has 0 aliphatic heterocycles. The van der Waals surface area contributed by atoms with Crippen molar-refractivity contribution in [1.29, 1.82) is 0 Å². The van der Waals surface area contributed by atoms with Gasteiger partial charge in [-0.05, 0) is 65.4 Å². The maximum Gasteiger partial charge on any atom is 0.133 e. The summed E-state index contributed by atoms with van der Waals surface area (Å²) in [6.07, 6.45) is 0.891. The molecule has 15 heavy (non-hydrogen) atoms. The minimum absolute atomic E-state index is 0.297. The van der Waals surface area contributed by atoms with Gasteiger partial charge in [0.05, 0.1) is 4.47 Å². The molecule has 0 saturated carbocycles. The smallest absolute Gasteiger partial charge is 0.133 e. The highest BCUT2D eigenvalue weighted by atomic mass is 79.9. The molecule has 0 spiro atoms. The third-order valence-corrected chi connectivity index (χ3v) is 3.88. The van der Waals surface area contributed by atoms with Gasteiger partial charge in [0.1, 0.15) is 5.75 Å². The topological polar surface area (TPSA) is 46.2 Å². The second-order valence-corrected chi connectivity index (χ2v) is 4.84. The van der Waals surface area contributed by atoms with Gasteiger partial charge in [-0.15, -0.1) is 0 Å². The van der Waals surface area contributed by atoms with Gasteiger partial charge < -0.3 is 10.8 Å². The minimum atomic E-state index is 0.297. The molecule has 1 aromatic rings. The van der Waals surface area contributed by atoms with Crippen molar-refractivity contribution >= 4 is 15.9 Å². The SMILES string of the molecule is Cc1cc(C(C)CCN)c(O)c(Br)c1C. The molecule has 2 nitrogen and oxygen atoms in total. The summed E-state index contributed by atoms with van der Waals surface area (Å²) in [7, 11) is 0. The Labute approximate surface area is 99.6 Å². The Morgan fingerprint density at radius 3 is 2.60 bits per heavy atom. The summed E-state index contributed by atoms with van der Waals surface area (Å²) < 4.78 is 0.807. The molecule has 1 unspecified atom stereocenters. The first-order valence-corrected chi connectivity index (χ1v) is 5.97. The predicted molar refractivity (Wildman–Crippen MR) is 67.4 cm³/mol. The van der Waals surface area contributed by atoms with Gasteiger partial charge in [-0.1, -0.05) is 13.0 Å². The van der Waals surface area contributed by atoms with Gasteiger partial charge in [0.25, 0.3) is 0 Å². The molecule has 0 bridgehead atoms. The van der Waals surface area contributed by atoms with Gasteiger partial charge >= 0.3 is 0 Å². The van der Waals surface area contributed by atoms with Crippen LogP contribution in [-0.2, 0) is 0 Å². The van der Waals surface area contributed by atoms with E-state index in [1.807, 2.05) is 6.92 Å². The molecule has 0 aliphatic carbocycles. The molecule has 0 aromatic heterocycles. The summed E-state index contributed by atoms with van der Waals surface area (Å²) in [4.78, 5) is 0. The molecular formula is C12H18BrNO. The molecule has 84 valence electrons. The molecule has 0 heterocycles. The van der Waals surface area contributed by atoms with Gasteiger partial charge in [-0.25, -0.2) is 0 Å². The molecule has 0 amide bonds. The number of nitrogens with two attached hydrogens (primary N) is 1. The average Bonchev–Trinajstić information content (AvgIpc) is 2.20. The summed E-state index contributed by atoms with van der Waals surface area (Å²) in [5, 5.41) is 10.0. The summed E-state index contributed by atoms with van der Waals surface area (Å²) in [5.74, 6) is 0.657. The van der Waals surface area contributed by atoms with Gasteiger partial charge in [0, 0.05) is 0 Å². The van der Waals surface area contributed by atoms with Gasteiger partial charge in [-0.3, -0.25) is 0 Å². The van der Waals surface area contributed by atoms with Crippen LogP contribution in [-0.4, -0.2) is 11.7 Å². The molecule has 1 rings (SSSR count). The molecule has 0 aliphatic rings. The van der Waals surface area contributed by atoms with Crippen molar-refractivity contribution in [3.05, 3.63) is 27.2 Å². The highest BCUT2D eigenvalue weighted by Crippen LogP contribution is 2.37. The van der Waals surface area contributed by atoms with Crippen LogP contribution in [0.3, 0.4) is 0 Å². The Morgan fingerprint density at radius 2 is 2.07 bits per heavy atom. The lowest BCUT2D eigenvalue weighted by Gasteiger charge is -2.16. The molecule has 3 N–H and O–H groups in total. The molecular weight excluding hydrogens is 254 g/mol. The zero-order valence-electron chi connectivity index (χ0n) is 9.47. The van der Waals surface area contributed by atoms with E-state index in [1.165, 1.54) is 5.56 Å². The van der Waals surface area contributed by atoms with Crippen molar-refractivity contribution in [2.75, 3.05) is 6.54 Å². The number of hydrogen-bond donors (Lipinski definition) is 2. The Hall–Kier alpha value is -0.540. The number of rotatable bonds is 3. The maximum absolute atomic E-state index is 10.0. The van der Waals surface area contributed by atoms with Gasteiger partial charge in [0.2, 0.25) is 0 Å². The van der Waals surface area contributed by atoms with E-state index in [1.54, 1.807) is 0 Å². The Balaban J connectivity index is 3.19. The number of hydrogen-bond acceptors (Lipinski definition) is 2. The van der Waals surface area contributed by atoms with E-state index in [0.29, 0.717) is 18.2 Å². The number of halogens is 1. The first-order valence-electron chi connectivity index (χ1n) is 5.17. The molecule has 0 saturated heterocycles. The number of phenolic OH excluding ortho intramolecular Hbond substituents is 1. The Bertz CT molecular complexity index is 363. The zero-order chi connectivity index (χ0) is 11.6. The highest BCUT2D eigenvalue weighted by Gasteiger charge is 2.15. The largest absolute Gasteiger partial charge is 0.506 e. The highest BCUT2D eigenvalue weighted by molar-refractivity contribution is 9.10. The van der Waals surface area contributed by atoms with Crippen molar-refractivity contribution in [1.82, 2.24) is 0 Å². The number of benzene rings is 1. The second kappa shape index (κ2) is 4.99. The van der Waals surface area contributed by atoms with Crippen LogP contribution in [0.25, 0.3) is 0 Å². The number of aromatic hydroxyl groups is 1. The van der Waals surface area contributed by atoms with Crippen LogP contribution in [0.5, 0.6) is 5.75 Å². The summed E-state index contributed by atoms with van der Waals surface area (Å²) >= 11 is 3.42. The minimum Gasteiger partial charge on any atom is -0.506 e. The van der Waals surface area contributed by atoms with Crippen molar-refractivity contribution in [2.45, 2.75) is 33.1 Å². The van der Waals surface area contributed by atoms with E-state index in [4.69, 9.17) is 5.73 Å². The predicted octanol–water partition coefficient (Wildman–Crippen LogP) is 3.22. The standard InChI is InChI=1S/C12H18BrNO/c1-7(4-5-14)10-6-8(2)9(3)11(13)12(10)15/h6-7,15H,4-5,14H2,1-3H3. The molecule has 0 radical (unpaired) electrons. The third-order valence-electron chi connectivity index (χ3n) is 2.90. The monoisotopic (exact) mass is 271 g/mol. The fraction of sp³-hybridized carbons (Fsp3) is 0.500. The van der Waals surface area contributed by atoms with Crippen molar-refractivity contribution in [2.24, 2.45) is 5.73 Å². The van der Waals surface area contributed by atoms with E-state index in [0.717, 1.165) is 22.0 Å². The summed E-state index contributed by atoms with van der Waals surface area (Å²) in [5.41, 5.74) is 8.80. The second-order valence-electron chi connectivity index (χ2n) is 4.05. The first-order chi connectivity index (χ1) is 6.99. The molecule has 3 heteroatoms. The lowest BCUT2D eigenvalue weighted by Crippen LogP contribution is -2.05. The van der Waals surface area contributed by atoms with E-state index < -0.39 is 0 Å². The third kappa shape index (κ3) is 2.52. The van der Waals surface area contributed by atoms with E-state index >= 15 is 0 Å². The Morgan fingerprint density at radius 1 is 1.47 bits per heavy atom. The molecule has 1 atom stereocenters. The van der Waals surface area contributed by atoms with Crippen LogP contribution < -0.4 is 5.73 Å². The maximum atomic E-state index is 10.0. The summed E-state index contributed by atoms with van der Waals surface area (Å²) in [6.45, 7) is 6.78. The van der Waals surface area contributed by atoms with Crippen molar-refractivity contribution in [3.8, 4) is 5.75 Å². The van der Waals surface area contributed by atoms with Crippen LogP contribution in [0.15, 0.2) is 10.5 Å². The number of aryl methyl sites for hydroxylation is 1. The van der Waals surface area contributed by atoms with Gasteiger partial charge in [0.15, 0.2) is 0 Å². The Kier molecular flexibility index (Phi) is 4.17. The van der Waals surface area contributed by atoms with E-state index in [-0.39, 0.29) is 0 Å². The van der Waals surface area contributed by atoms with E-state index in [9.17, 15) is 5.11 Å². The lowest BCUT2D eigenvalue weighted by atomic mass is 9.93. The average molecular weight is 272 g/mol. The van der Waals surface area contributed by atoms with Crippen molar-refractivity contribution < 1.29 is 5.11 Å². The fourth-order valence-corrected chi connectivity index (χ4v) is 2.21. The van der Waals surface area contributed by atoms with Crippen LogP contribution in [0.1, 0.15) is 36.0 Å². The lowest BCUT2D eigenvalue weighted by molar-refractivity contribution is 0.457. The van der Waals surface area contributed by atoms with Crippen LogP contribution in [0.4, 0.5) is 0 Å². The van der Waals surface area contributed by atoms with Crippen LogP contribution in [0, 0.1) is 13.8 Å². The fourth-order valence-electron chi connectivity index (χ4n) is 1.67. The summed E-state index contributed by atoms with van der Waals surface area (Å²) in [6, 6.07) is 2.05. The first kappa shape index (κ1) is 12.5. The molecule has 0 fully saturated rings. The van der Waals surface area contributed by atoms with Crippen molar-refractivity contribution in [3.63, 3.8) is 0 Å². The quantitative estimate of drug-likeness (QED) is 0.887. The zero-order valence-corrected chi connectivity index (χ0v) is 11.1. The van der Waals surface area contributed by atoms with E-state index in [2.05, 4.69) is 35.8 Å².